The number of rotatable bonds is 7. The van der Waals surface area contributed by atoms with E-state index in [1.807, 2.05) is 13.8 Å². The maximum Gasteiger partial charge on any atom is 0.330 e. The van der Waals surface area contributed by atoms with Crippen molar-refractivity contribution in [1.82, 2.24) is 19.5 Å². The highest BCUT2D eigenvalue weighted by Gasteiger charge is 2.29. The van der Waals surface area contributed by atoms with Crippen LogP contribution in [0.5, 0.6) is 11.6 Å². The van der Waals surface area contributed by atoms with Crippen LogP contribution in [0.1, 0.15) is 48.7 Å². The lowest BCUT2D eigenvalue weighted by molar-refractivity contribution is 0.102. The van der Waals surface area contributed by atoms with E-state index >= 15 is 0 Å². The van der Waals surface area contributed by atoms with Crippen LogP contribution >= 0.6 is 0 Å². The molecule has 0 atom stereocenters. The fourth-order valence-electron chi connectivity index (χ4n) is 3.93. The van der Waals surface area contributed by atoms with Crippen molar-refractivity contribution in [2.75, 3.05) is 5.32 Å². The quantitative estimate of drug-likeness (QED) is 0.402. The smallest absolute Gasteiger partial charge is 0.330 e. The molecule has 36 heavy (non-hydrogen) atoms. The molecule has 2 N–H and O–H groups in total. The molecule has 4 aromatic rings. The molecule has 1 aliphatic carbocycles. The Hall–Kier alpha value is -4.34. The Morgan fingerprint density at radius 2 is 1.94 bits per heavy atom. The first-order chi connectivity index (χ1) is 17.3. The molecular weight excluding hydrogens is 465 g/mol. The van der Waals surface area contributed by atoms with Crippen molar-refractivity contribution in [3.05, 3.63) is 86.6 Å². The van der Waals surface area contributed by atoms with Gasteiger partial charge in [0.15, 0.2) is 5.65 Å². The van der Waals surface area contributed by atoms with Gasteiger partial charge in [0.05, 0.1) is 22.8 Å². The summed E-state index contributed by atoms with van der Waals surface area (Å²) in [5.74, 6) is 0.123. The molecule has 1 aromatic carbocycles. The molecule has 10 heteroatoms. The van der Waals surface area contributed by atoms with E-state index in [0.717, 1.165) is 12.8 Å². The molecule has 0 saturated heterocycles. The number of aromatic amines is 1. The summed E-state index contributed by atoms with van der Waals surface area (Å²) in [5, 5.41) is 2.83. The molecule has 5 rings (SSSR count). The highest BCUT2D eigenvalue weighted by Crippen LogP contribution is 2.40. The van der Waals surface area contributed by atoms with Gasteiger partial charge in [0.2, 0.25) is 5.88 Å². The molecule has 0 bridgehead atoms. The summed E-state index contributed by atoms with van der Waals surface area (Å²) in [7, 11) is 0. The number of ether oxygens (including phenoxy) is 1. The SMILES string of the molecule is CC(C)Cn1c(=O)[nH]c(=O)c2c(C(=O)Nc3ccc(Oc4ccc(F)cc4)nc3)cc(C3CC3)nc21. The van der Waals surface area contributed by atoms with Crippen LogP contribution in [-0.2, 0) is 6.54 Å². The van der Waals surface area contributed by atoms with E-state index in [4.69, 9.17) is 4.74 Å². The number of carbonyl (C=O) groups is 1. The van der Waals surface area contributed by atoms with E-state index in [1.165, 1.54) is 35.0 Å². The van der Waals surface area contributed by atoms with Gasteiger partial charge in [-0.15, -0.1) is 0 Å². The third-order valence-electron chi connectivity index (χ3n) is 5.79. The molecular formula is C26H24FN5O4. The number of benzene rings is 1. The number of halogens is 1. The normalized spacial score (nSPS) is 13.2. The molecule has 0 spiro atoms. The number of H-pyrrole nitrogens is 1. The standard InChI is InChI=1S/C26H24FN5O4/c1-14(2)13-32-23-22(25(34)31-26(32)35)19(11-20(30-23)15-3-4-15)24(33)29-17-7-10-21(28-12-17)36-18-8-5-16(27)6-9-18/h5-12,14-15H,3-4,13H2,1-2H3,(H,29,33)(H,31,34,35). The Balaban J connectivity index is 1.47. The lowest BCUT2D eigenvalue weighted by Gasteiger charge is -2.15. The van der Waals surface area contributed by atoms with Gasteiger partial charge in [-0.3, -0.25) is 19.1 Å². The first kappa shape index (κ1) is 23.4. The van der Waals surface area contributed by atoms with Crippen LogP contribution in [-0.4, -0.2) is 25.4 Å². The van der Waals surface area contributed by atoms with E-state index in [-0.39, 0.29) is 40.1 Å². The lowest BCUT2D eigenvalue weighted by Crippen LogP contribution is -2.33. The number of anilines is 1. The molecule has 1 saturated carbocycles. The number of nitrogens with zero attached hydrogens (tertiary/aromatic N) is 3. The number of pyridine rings is 2. The third-order valence-corrected chi connectivity index (χ3v) is 5.79. The molecule has 0 radical (unpaired) electrons. The minimum atomic E-state index is -0.656. The summed E-state index contributed by atoms with van der Waals surface area (Å²) in [5.41, 5.74) is 0.234. The minimum absolute atomic E-state index is 0.0707. The zero-order chi connectivity index (χ0) is 25.4. The second-order valence-electron chi connectivity index (χ2n) is 9.23. The summed E-state index contributed by atoms with van der Waals surface area (Å²) in [4.78, 5) is 49.8. The zero-order valence-electron chi connectivity index (χ0n) is 19.7. The number of carbonyl (C=O) groups excluding carboxylic acids is 1. The monoisotopic (exact) mass is 489 g/mol. The minimum Gasteiger partial charge on any atom is -0.439 e. The number of amides is 1. The maximum absolute atomic E-state index is 13.3. The summed E-state index contributed by atoms with van der Waals surface area (Å²) >= 11 is 0. The van der Waals surface area contributed by atoms with Crippen molar-refractivity contribution in [2.45, 2.75) is 39.2 Å². The van der Waals surface area contributed by atoms with Gasteiger partial charge in [-0.2, -0.15) is 0 Å². The summed E-state index contributed by atoms with van der Waals surface area (Å²) in [6.45, 7) is 4.27. The third kappa shape index (κ3) is 4.88. The van der Waals surface area contributed by atoms with Crippen LogP contribution in [0.4, 0.5) is 10.1 Å². The van der Waals surface area contributed by atoms with E-state index in [9.17, 15) is 18.8 Å². The van der Waals surface area contributed by atoms with Crippen molar-refractivity contribution in [1.29, 1.82) is 0 Å². The van der Waals surface area contributed by atoms with Crippen molar-refractivity contribution >= 4 is 22.6 Å². The molecule has 184 valence electrons. The van der Waals surface area contributed by atoms with Crippen LogP contribution in [0.15, 0.2) is 58.3 Å². The molecule has 9 nitrogen and oxygen atoms in total. The Bertz CT molecular complexity index is 1560. The number of hydrogen-bond acceptors (Lipinski definition) is 6. The average Bonchev–Trinajstić information content (AvgIpc) is 3.69. The molecule has 0 aliphatic heterocycles. The van der Waals surface area contributed by atoms with Crippen LogP contribution in [0, 0.1) is 11.7 Å². The Morgan fingerprint density at radius 3 is 2.58 bits per heavy atom. The van der Waals surface area contributed by atoms with Gasteiger partial charge >= 0.3 is 5.69 Å². The van der Waals surface area contributed by atoms with Gasteiger partial charge in [-0.1, -0.05) is 13.8 Å². The topological polar surface area (TPSA) is 119 Å². The van der Waals surface area contributed by atoms with Crippen molar-refractivity contribution < 1.29 is 13.9 Å². The highest BCUT2D eigenvalue weighted by atomic mass is 19.1. The van der Waals surface area contributed by atoms with Crippen LogP contribution < -0.4 is 21.3 Å². The van der Waals surface area contributed by atoms with Gasteiger partial charge in [0, 0.05) is 24.2 Å². The summed E-state index contributed by atoms with van der Waals surface area (Å²) < 4.78 is 20.1. The fourth-order valence-corrected chi connectivity index (χ4v) is 3.93. The number of fused-ring (bicyclic) bond motifs is 1. The maximum atomic E-state index is 13.3. The predicted molar refractivity (Wildman–Crippen MR) is 132 cm³/mol. The van der Waals surface area contributed by atoms with Crippen LogP contribution in [0.25, 0.3) is 11.0 Å². The van der Waals surface area contributed by atoms with Gasteiger partial charge in [-0.25, -0.2) is 19.2 Å². The lowest BCUT2D eigenvalue weighted by atomic mass is 10.1. The van der Waals surface area contributed by atoms with Gasteiger partial charge in [0.1, 0.15) is 11.6 Å². The van der Waals surface area contributed by atoms with Crippen molar-refractivity contribution in [3.8, 4) is 11.6 Å². The first-order valence-corrected chi connectivity index (χ1v) is 11.7. The van der Waals surface area contributed by atoms with E-state index in [2.05, 4.69) is 20.3 Å². The van der Waals surface area contributed by atoms with Crippen LogP contribution in [0.2, 0.25) is 0 Å². The van der Waals surface area contributed by atoms with Gasteiger partial charge in [0.25, 0.3) is 11.5 Å². The van der Waals surface area contributed by atoms with Crippen molar-refractivity contribution in [2.24, 2.45) is 5.92 Å². The fraction of sp³-hybridized carbons (Fsp3) is 0.269. The second kappa shape index (κ2) is 9.37. The molecule has 3 aromatic heterocycles. The second-order valence-corrected chi connectivity index (χ2v) is 9.23. The molecule has 1 aliphatic rings. The Kier molecular flexibility index (Phi) is 6.09. The van der Waals surface area contributed by atoms with Gasteiger partial charge < -0.3 is 10.1 Å². The number of hydrogen-bond donors (Lipinski definition) is 2. The van der Waals surface area contributed by atoms with E-state index in [0.29, 0.717) is 23.7 Å². The number of nitrogens with one attached hydrogen (secondary N) is 2. The van der Waals surface area contributed by atoms with E-state index < -0.39 is 17.2 Å². The highest BCUT2D eigenvalue weighted by molar-refractivity contribution is 6.11. The van der Waals surface area contributed by atoms with Crippen LogP contribution in [0.3, 0.4) is 0 Å². The Morgan fingerprint density at radius 1 is 1.19 bits per heavy atom. The molecule has 3 heterocycles. The van der Waals surface area contributed by atoms with Gasteiger partial charge in [-0.05, 0) is 55.2 Å². The molecule has 0 unspecified atom stereocenters. The predicted octanol–water partition coefficient (Wildman–Crippen LogP) is 4.20. The largest absolute Gasteiger partial charge is 0.439 e. The molecule has 1 amide bonds. The van der Waals surface area contributed by atoms with E-state index in [1.54, 1.807) is 18.2 Å². The average molecular weight is 490 g/mol. The summed E-state index contributed by atoms with van der Waals surface area (Å²) in [6, 6.07) is 10.3. The first-order valence-electron chi connectivity index (χ1n) is 11.7. The Labute approximate surface area is 205 Å². The summed E-state index contributed by atoms with van der Waals surface area (Å²) in [6.07, 6.45) is 3.30. The molecule has 1 fully saturated rings. The van der Waals surface area contributed by atoms with Crippen molar-refractivity contribution in [3.63, 3.8) is 0 Å². The zero-order valence-corrected chi connectivity index (χ0v) is 19.7. The number of aromatic nitrogens is 4.